The van der Waals surface area contributed by atoms with Crippen LogP contribution < -0.4 is 0 Å². The van der Waals surface area contributed by atoms with E-state index in [0.29, 0.717) is 12.5 Å². The predicted molar refractivity (Wildman–Crippen MR) is 126 cm³/mol. The molecule has 33 heavy (non-hydrogen) atoms. The highest BCUT2D eigenvalue weighted by atomic mass is 19.1. The van der Waals surface area contributed by atoms with Crippen molar-refractivity contribution in [2.45, 2.75) is 51.7 Å². The quantitative estimate of drug-likeness (QED) is 0.699. The lowest BCUT2D eigenvalue weighted by molar-refractivity contribution is -0.131. The van der Waals surface area contributed by atoms with Crippen LogP contribution in [0.3, 0.4) is 0 Å². The number of aromatic nitrogens is 1. The number of carbonyl (C=O) groups is 1. The molecule has 1 fully saturated rings. The molecule has 0 spiro atoms. The fraction of sp³-hybridized carbons (Fsp3) is 0.440. The van der Waals surface area contributed by atoms with Gasteiger partial charge in [-0.3, -0.25) is 24.6 Å². The number of fused-ring (bicyclic) bond motifs is 3. The number of benzene rings is 1. The molecule has 8 heteroatoms. The van der Waals surface area contributed by atoms with Gasteiger partial charge in [-0.25, -0.2) is 9.38 Å². The van der Waals surface area contributed by atoms with E-state index < -0.39 is 0 Å². The number of halogens is 1. The summed E-state index contributed by atoms with van der Waals surface area (Å²) in [6.45, 7) is 7.65. The molecule has 0 bridgehead atoms. The normalized spacial score (nSPS) is 23.4. The van der Waals surface area contributed by atoms with Crippen LogP contribution in [-0.2, 0) is 11.3 Å². The third-order valence-electron chi connectivity index (χ3n) is 6.55. The summed E-state index contributed by atoms with van der Waals surface area (Å²) >= 11 is 0. The number of aliphatic imine (C=N–C) groups is 1. The number of rotatable bonds is 5. The van der Waals surface area contributed by atoms with Crippen molar-refractivity contribution in [1.29, 1.82) is 0 Å². The Labute approximate surface area is 193 Å². The summed E-state index contributed by atoms with van der Waals surface area (Å²) in [5.41, 5.74) is 2.51. The maximum Gasteiger partial charge on any atom is 0.242 e. The smallest absolute Gasteiger partial charge is 0.242 e. The molecule has 1 aromatic heterocycles. The Hall–Kier alpha value is -3.29. The Morgan fingerprint density at radius 2 is 1.91 bits per heavy atom. The molecule has 2 aromatic rings. The van der Waals surface area contributed by atoms with Crippen molar-refractivity contribution in [1.82, 2.24) is 19.8 Å². The number of nitrogens with zero attached hydrogens (tertiary/aromatic N) is 6. The molecule has 2 unspecified atom stereocenters. The van der Waals surface area contributed by atoms with Crippen LogP contribution in [0.15, 0.2) is 52.7 Å². The van der Waals surface area contributed by atoms with E-state index in [1.807, 2.05) is 31.3 Å². The standard InChI is InChI=1S/C25H29FN6O/c1-5-6-20-21-22(31-15-25(2,3)28-24(31)30(4)23(21)33)29-32(20)14-16-7-9-17(10-8-16)19-12-11-18(26)13-27-19/h7-13,20-21H,5-6,14-15H2,1-4H3. The van der Waals surface area contributed by atoms with Crippen molar-refractivity contribution >= 4 is 17.7 Å². The highest BCUT2D eigenvalue weighted by Crippen LogP contribution is 2.37. The zero-order chi connectivity index (χ0) is 23.3. The number of amidine groups is 1. The molecule has 172 valence electrons. The van der Waals surface area contributed by atoms with Gasteiger partial charge in [0.1, 0.15) is 17.6 Å². The lowest BCUT2D eigenvalue weighted by Crippen LogP contribution is -2.59. The SMILES string of the molecule is CCCC1C2C(=O)N(C)C3=NC(C)(C)CN3C2=NN1Cc1ccc(-c2ccc(F)cn2)cc1. The van der Waals surface area contributed by atoms with Gasteiger partial charge < -0.3 is 0 Å². The fourth-order valence-corrected chi connectivity index (χ4v) is 4.96. The van der Waals surface area contributed by atoms with Crippen LogP contribution in [-0.4, -0.2) is 62.7 Å². The first-order valence-corrected chi connectivity index (χ1v) is 11.5. The molecule has 3 aliphatic heterocycles. The molecule has 1 saturated heterocycles. The van der Waals surface area contributed by atoms with Crippen LogP contribution in [0.25, 0.3) is 11.3 Å². The van der Waals surface area contributed by atoms with Crippen molar-refractivity contribution < 1.29 is 9.18 Å². The fourth-order valence-electron chi connectivity index (χ4n) is 4.96. The second kappa shape index (κ2) is 7.93. The Kier molecular flexibility index (Phi) is 5.18. The van der Waals surface area contributed by atoms with Crippen molar-refractivity contribution in [3.8, 4) is 11.3 Å². The number of hydrazone groups is 1. The van der Waals surface area contributed by atoms with Crippen molar-refractivity contribution in [3.63, 3.8) is 0 Å². The Balaban J connectivity index is 1.42. The van der Waals surface area contributed by atoms with E-state index in [1.54, 1.807) is 11.0 Å². The summed E-state index contributed by atoms with van der Waals surface area (Å²) < 4.78 is 13.2. The van der Waals surface area contributed by atoms with Gasteiger partial charge in [0.15, 0.2) is 0 Å². The number of pyridine rings is 1. The minimum absolute atomic E-state index is 0.0173. The van der Waals surface area contributed by atoms with Gasteiger partial charge in [0, 0.05) is 12.6 Å². The lowest BCUT2D eigenvalue weighted by atomic mass is 9.91. The molecule has 5 rings (SSSR count). The Bertz CT molecular complexity index is 1120. The maximum absolute atomic E-state index is 13.3. The molecule has 0 radical (unpaired) electrons. The summed E-state index contributed by atoms with van der Waals surface area (Å²) in [7, 11) is 1.82. The summed E-state index contributed by atoms with van der Waals surface area (Å²) in [6, 6.07) is 11.2. The summed E-state index contributed by atoms with van der Waals surface area (Å²) in [4.78, 5) is 26.1. The van der Waals surface area contributed by atoms with Gasteiger partial charge in [0.25, 0.3) is 0 Å². The average Bonchev–Trinajstić information content (AvgIpc) is 3.31. The van der Waals surface area contributed by atoms with Gasteiger partial charge in [-0.1, -0.05) is 37.6 Å². The van der Waals surface area contributed by atoms with Crippen LogP contribution >= 0.6 is 0 Å². The first-order valence-electron chi connectivity index (χ1n) is 11.5. The lowest BCUT2D eigenvalue weighted by Gasteiger charge is -2.37. The van der Waals surface area contributed by atoms with Gasteiger partial charge >= 0.3 is 0 Å². The van der Waals surface area contributed by atoms with E-state index in [4.69, 9.17) is 10.1 Å². The van der Waals surface area contributed by atoms with Gasteiger partial charge in [0.05, 0.1) is 36.6 Å². The molecular weight excluding hydrogens is 419 g/mol. The molecule has 1 amide bonds. The number of carbonyl (C=O) groups excluding carboxylic acids is 1. The number of hydrogen-bond donors (Lipinski definition) is 0. The number of guanidine groups is 1. The molecule has 2 atom stereocenters. The molecule has 4 heterocycles. The second-order valence-corrected chi connectivity index (χ2v) is 9.66. The first-order chi connectivity index (χ1) is 15.8. The van der Waals surface area contributed by atoms with Crippen molar-refractivity contribution in [2.24, 2.45) is 16.0 Å². The zero-order valence-corrected chi connectivity index (χ0v) is 19.5. The molecule has 1 aromatic carbocycles. The summed E-state index contributed by atoms with van der Waals surface area (Å²) in [6.07, 6.45) is 3.09. The summed E-state index contributed by atoms with van der Waals surface area (Å²) in [5.74, 6) is 0.980. The zero-order valence-electron chi connectivity index (χ0n) is 19.5. The van der Waals surface area contributed by atoms with Crippen LogP contribution in [0.5, 0.6) is 0 Å². The predicted octanol–water partition coefficient (Wildman–Crippen LogP) is 3.72. The van der Waals surface area contributed by atoms with E-state index in [1.165, 1.54) is 12.3 Å². The topological polar surface area (TPSA) is 64.4 Å². The number of amides is 1. The summed E-state index contributed by atoms with van der Waals surface area (Å²) in [5, 5.41) is 7.06. The minimum atomic E-state index is -0.346. The Morgan fingerprint density at radius 1 is 1.15 bits per heavy atom. The highest BCUT2D eigenvalue weighted by Gasteiger charge is 2.53. The van der Waals surface area contributed by atoms with E-state index in [2.05, 4.69) is 35.7 Å². The highest BCUT2D eigenvalue weighted by molar-refractivity contribution is 6.20. The van der Waals surface area contributed by atoms with Crippen molar-refractivity contribution in [2.75, 3.05) is 13.6 Å². The van der Waals surface area contributed by atoms with Crippen LogP contribution in [0, 0.1) is 11.7 Å². The second-order valence-electron chi connectivity index (χ2n) is 9.66. The minimum Gasteiger partial charge on any atom is -0.295 e. The number of hydrogen-bond acceptors (Lipinski definition) is 6. The Morgan fingerprint density at radius 3 is 2.58 bits per heavy atom. The molecule has 0 aliphatic carbocycles. The molecule has 7 nitrogen and oxygen atoms in total. The third kappa shape index (κ3) is 3.77. The monoisotopic (exact) mass is 448 g/mol. The molecule has 0 saturated carbocycles. The van der Waals surface area contributed by atoms with Crippen molar-refractivity contribution in [3.05, 3.63) is 54.0 Å². The van der Waals surface area contributed by atoms with Gasteiger partial charge in [-0.05, 0) is 38.0 Å². The van der Waals surface area contributed by atoms with Gasteiger partial charge in [-0.15, -0.1) is 0 Å². The van der Waals surface area contributed by atoms with E-state index in [9.17, 15) is 9.18 Å². The molecule has 3 aliphatic rings. The van der Waals surface area contributed by atoms with Crippen LogP contribution in [0.1, 0.15) is 39.2 Å². The average molecular weight is 449 g/mol. The van der Waals surface area contributed by atoms with Crippen LogP contribution in [0.2, 0.25) is 0 Å². The van der Waals surface area contributed by atoms with E-state index >= 15 is 0 Å². The third-order valence-corrected chi connectivity index (χ3v) is 6.55. The van der Waals surface area contributed by atoms with Crippen LogP contribution in [0.4, 0.5) is 4.39 Å². The van der Waals surface area contributed by atoms with Gasteiger partial charge in [-0.2, -0.15) is 5.10 Å². The first kappa shape index (κ1) is 21.6. The molecular formula is C25H29FN6O. The van der Waals surface area contributed by atoms with E-state index in [-0.39, 0.29) is 29.2 Å². The molecule has 0 N–H and O–H groups in total. The maximum atomic E-state index is 13.3. The van der Waals surface area contributed by atoms with E-state index in [0.717, 1.165) is 42.0 Å². The van der Waals surface area contributed by atoms with Gasteiger partial charge in [0.2, 0.25) is 11.9 Å². The largest absolute Gasteiger partial charge is 0.295 e.